The minimum atomic E-state index is 0.157. The van der Waals surface area contributed by atoms with Gasteiger partial charge in [0.25, 0.3) is 0 Å². The van der Waals surface area contributed by atoms with Crippen molar-refractivity contribution >= 4 is 11.4 Å². The molecule has 114 valence electrons. The van der Waals surface area contributed by atoms with Gasteiger partial charge in [-0.3, -0.25) is 5.01 Å². The Balaban J connectivity index is 1.94. The topological polar surface area (TPSA) is 15.6 Å². The maximum absolute atomic E-state index is 4.93. The third-order valence-corrected chi connectivity index (χ3v) is 4.66. The van der Waals surface area contributed by atoms with Gasteiger partial charge >= 0.3 is 0 Å². The van der Waals surface area contributed by atoms with Crippen LogP contribution < -0.4 is 5.01 Å². The summed E-state index contributed by atoms with van der Waals surface area (Å²) in [6.07, 6.45) is 2.14. The molecule has 0 unspecified atom stereocenters. The van der Waals surface area contributed by atoms with Crippen molar-refractivity contribution in [1.82, 2.24) is 0 Å². The number of nitrogens with zero attached hydrogens (tertiary/aromatic N) is 2. The van der Waals surface area contributed by atoms with Crippen molar-refractivity contribution in [2.24, 2.45) is 10.5 Å². The van der Waals surface area contributed by atoms with E-state index in [1.54, 1.807) is 0 Å². The van der Waals surface area contributed by atoms with Gasteiger partial charge in [-0.05, 0) is 37.5 Å². The van der Waals surface area contributed by atoms with E-state index in [1.165, 1.54) is 17.0 Å². The number of hydrazone groups is 1. The fraction of sp³-hybridized carbons (Fsp3) is 0.350. The molecule has 2 nitrogen and oxygen atoms in total. The lowest BCUT2D eigenvalue weighted by molar-refractivity contribution is 0.373. The molecular formula is C20H24N2. The highest BCUT2D eigenvalue weighted by Crippen LogP contribution is 2.35. The number of benzene rings is 2. The fourth-order valence-corrected chi connectivity index (χ4v) is 3.10. The second-order valence-corrected chi connectivity index (χ2v) is 6.80. The monoisotopic (exact) mass is 292 g/mol. The van der Waals surface area contributed by atoms with Crippen molar-refractivity contribution in [3.05, 3.63) is 66.2 Å². The van der Waals surface area contributed by atoms with Crippen molar-refractivity contribution in [2.75, 3.05) is 5.01 Å². The van der Waals surface area contributed by atoms with Gasteiger partial charge in [0.1, 0.15) is 0 Å². The molecule has 0 aliphatic carbocycles. The molecule has 1 aliphatic rings. The SMILES string of the molecule is CC1=NN(c2ccccc2)[C@H](Cc2ccccc2)CC1(C)C. The van der Waals surface area contributed by atoms with Crippen LogP contribution in [-0.2, 0) is 6.42 Å². The smallest absolute Gasteiger partial charge is 0.0597 e. The van der Waals surface area contributed by atoms with Gasteiger partial charge in [-0.25, -0.2) is 0 Å². The molecule has 1 atom stereocenters. The maximum Gasteiger partial charge on any atom is 0.0597 e. The first-order chi connectivity index (χ1) is 10.6. The summed E-state index contributed by atoms with van der Waals surface area (Å²) in [6.45, 7) is 6.74. The second-order valence-electron chi connectivity index (χ2n) is 6.80. The van der Waals surface area contributed by atoms with Crippen molar-refractivity contribution in [3.8, 4) is 0 Å². The fourth-order valence-electron chi connectivity index (χ4n) is 3.10. The minimum absolute atomic E-state index is 0.157. The van der Waals surface area contributed by atoms with E-state index in [0.717, 1.165) is 12.8 Å². The van der Waals surface area contributed by atoms with E-state index in [1.807, 2.05) is 0 Å². The van der Waals surface area contributed by atoms with Crippen LogP contribution >= 0.6 is 0 Å². The lowest BCUT2D eigenvalue weighted by Gasteiger charge is -2.41. The number of rotatable bonds is 3. The lowest BCUT2D eigenvalue weighted by Crippen LogP contribution is -2.44. The summed E-state index contributed by atoms with van der Waals surface area (Å²) in [5, 5.41) is 7.15. The predicted octanol–water partition coefficient (Wildman–Crippen LogP) is 4.91. The normalized spacial score (nSPS) is 20.6. The molecular weight excluding hydrogens is 268 g/mol. The first-order valence-corrected chi connectivity index (χ1v) is 8.00. The van der Waals surface area contributed by atoms with Gasteiger partial charge in [-0.2, -0.15) is 5.10 Å². The van der Waals surface area contributed by atoms with E-state index in [0.29, 0.717) is 6.04 Å². The first-order valence-electron chi connectivity index (χ1n) is 8.00. The van der Waals surface area contributed by atoms with Crippen LogP contribution in [0, 0.1) is 5.41 Å². The van der Waals surface area contributed by atoms with Gasteiger partial charge in [-0.15, -0.1) is 0 Å². The average molecular weight is 292 g/mol. The maximum atomic E-state index is 4.93. The second kappa shape index (κ2) is 5.96. The highest BCUT2D eigenvalue weighted by atomic mass is 15.5. The Kier molecular flexibility index (Phi) is 4.02. The van der Waals surface area contributed by atoms with Gasteiger partial charge < -0.3 is 0 Å². The van der Waals surface area contributed by atoms with Crippen LogP contribution in [-0.4, -0.2) is 11.8 Å². The van der Waals surface area contributed by atoms with E-state index in [9.17, 15) is 0 Å². The minimum Gasteiger partial charge on any atom is -0.262 e. The van der Waals surface area contributed by atoms with Crippen molar-refractivity contribution in [3.63, 3.8) is 0 Å². The quantitative estimate of drug-likeness (QED) is 0.784. The van der Waals surface area contributed by atoms with Gasteiger partial charge in [0.05, 0.1) is 11.7 Å². The molecule has 0 saturated heterocycles. The van der Waals surface area contributed by atoms with E-state index in [-0.39, 0.29) is 5.41 Å². The van der Waals surface area contributed by atoms with Crippen LogP contribution in [0.5, 0.6) is 0 Å². The Labute approximate surface area is 133 Å². The Hall–Kier alpha value is -2.09. The first kappa shape index (κ1) is 14.8. The van der Waals surface area contributed by atoms with E-state index >= 15 is 0 Å². The van der Waals surface area contributed by atoms with E-state index < -0.39 is 0 Å². The van der Waals surface area contributed by atoms with E-state index in [4.69, 9.17) is 5.10 Å². The van der Waals surface area contributed by atoms with Gasteiger partial charge in [-0.1, -0.05) is 62.4 Å². The van der Waals surface area contributed by atoms with Crippen molar-refractivity contribution in [2.45, 2.75) is 39.7 Å². The Morgan fingerprint density at radius 2 is 1.59 bits per heavy atom. The van der Waals surface area contributed by atoms with Gasteiger partial charge in [0.2, 0.25) is 0 Å². The zero-order valence-electron chi connectivity index (χ0n) is 13.7. The molecule has 2 aromatic rings. The number of hydrogen-bond acceptors (Lipinski definition) is 2. The highest BCUT2D eigenvalue weighted by Gasteiger charge is 2.35. The standard InChI is InChI=1S/C20H24N2/c1-16-20(2,3)15-19(14-17-10-6-4-7-11-17)22(21-16)18-12-8-5-9-13-18/h4-13,19H,14-15H2,1-3H3/t19-/m1/s1. The van der Waals surface area contributed by atoms with Crippen LogP contribution in [0.2, 0.25) is 0 Å². The summed E-state index contributed by atoms with van der Waals surface area (Å²) in [5.74, 6) is 0. The average Bonchev–Trinajstić information content (AvgIpc) is 2.52. The molecule has 0 radical (unpaired) electrons. The summed E-state index contributed by atoms with van der Waals surface area (Å²) < 4.78 is 0. The molecule has 0 bridgehead atoms. The van der Waals surface area contributed by atoms with Crippen LogP contribution in [0.1, 0.15) is 32.8 Å². The summed E-state index contributed by atoms with van der Waals surface area (Å²) >= 11 is 0. The molecule has 0 amide bonds. The molecule has 2 heteroatoms. The van der Waals surface area contributed by atoms with E-state index in [2.05, 4.69) is 86.4 Å². The van der Waals surface area contributed by atoms with Crippen LogP contribution in [0.15, 0.2) is 65.8 Å². The molecule has 22 heavy (non-hydrogen) atoms. The predicted molar refractivity (Wildman–Crippen MR) is 94.4 cm³/mol. The lowest BCUT2D eigenvalue weighted by atomic mass is 9.78. The van der Waals surface area contributed by atoms with Crippen LogP contribution in [0.4, 0.5) is 5.69 Å². The molecule has 2 aromatic carbocycles. The number of para-hydroxylation sites is 1. The summed E-state index contributed by atoms with van der Waals surface area (Å²) in [6, 6.07) is 21.6. The molecule has 0 N–H and O–H groups in total. The molecule has 0 aromatic heterocycles. The van der Waals surface area contributed by atoms with Crippen molar-refractivity contribution in [1.29, 1.82) is 0 Å². The summed E-state index contributed by atoms with van der Waals surface area (Å²) in [7, 11) is 0. The molecule has 1 aliphatic heterocycles. The number of anilines is 1. The molecule has 0 saturated carbocycles. The summed E-state index contributed by atoms with van der Waals surface area (Å²) in [5.41, 5.74) is 3.92. The Bertz CT molecular complexity index is 644. The molecule has 0 spiro atoms. The molecule has 1 heterocycles. The van der Waals surface area contributed by atoms with Gasteiger partial charge in [0.15, 0.2) is 0 Å². The highest BCUT2D eigenvalue weighted by molar-refractivity contribution is 5.89. The largest absolute Gasteiger partial charge is 0.262 e. The van der Waals surface area contributed by atoms with Crippen LogP contribution in [0.25, 0.3) is 0 Å². The van der Waals surface area contributed by atoms with Crippen LogP contribution in [0.3, 0.4) is 0 Å². The molecule has 0 fully saturated rings. The summed E-state index contributed by atoms with van der Waals surface area (Å²) in [4.78, 5) is 0. The third kappa shape index (κ3) is 3.06. The Morgan fingerprint density at radius 3 is 2.23 bits per heavy atom. The zero-order valence-corrected chi connectivity index (χ0v) is 13.7. The van der Waals surface area contributed by atoms with Crippen molar-refractivity contribution < 1.29 is 0 Å². The van der Waals surface area contributed by atoms with Gasteiger partial charge in [0, 0.05) is 11.1 Å². The third-order valence-electron chi connectivity index (χ3n) is 4.66. The number of hydrogen-bond donors (Lipinski definition) is 0. The molecule has 3 rings (SSSR count). The zero-order chi connectivity index (χ0) is 15.6. The Morgan fingerprint density at radius 1 is 1.00 bits per heavy atom.